The van der Waals surface area contributed by atoms with Gasteiger partial charge in [-0.2, -0.15) is 0 Å². The summed E-state index contributed by atoms with van der Waals surface area (Å²) in [5, 5.41) is 6.55. The number of aromatic nitrogens is 1. The summed E-state index contributed by atoms with van der Waals surface area (Å²) in [7, 11) is 0. The Kier molecular flexibility index (Phi) is 6.56. The molecule has 1 amide bonds. The summed E-state index contributed by atoms with van der Waals surface area (Å²) in [5.41, 5.74) is 2.21. The van der Waals surface area contributed by atoms with Gasteiger partial charge in [0.1, 0.15) is 18.1 Å². The summed E-state index contributed by atoms with van der Waals surface area (Å²) >= 11 is 0. The zero-order valence-corrected chi connectivity index (χ0v) is 14.6. The van der Waals surface area contributed by atoms with E-state index in [2.05, 4.69) is 10.5 Å². The van der Waals surface area contributed by atoms with E-state index in [1.54, 1.807) is 31.2 Å². The summed E-state index contributed by atoms with van der Waals surface area (Å²) < 4.78 is 15.6. The number of carbonyl (C=O) groups is 2. The summed E-state index contributed by atoms with van der Waals surface area (Å²) in [6.07, 6.45) is 0.151. The molecular formula is C18H22N2O5. The molecule has 1 aromatic carbocycles. The molecule has 0 bridgehead atoms. The van der Waals surface area contributed by atoms with Crippen LogP contribution >= 0.6 is 0 Å². The van der Waals surface area contributed by atoms with Crippen LogP contribution < -0.4 is 10.1 Å². The van der Waals surface area contributed by atoms with E-state index in [0.29, 0.717) is 24.5 Å². The number of hydrogen-bond acceptors (Lipinski definition) is 6. The van der Waals surface area contributed by atoms with Gasteiger partial charge in [0.05, 0.1) is 24.3 Å². The van der Waals surface area contributed by atoms with E-state index in [9.17, 15) is 9.59 Å². The number of nitrogens with zero attached hydrogens (tertiary/aromatic N) is 1. The molecule has 2 rings (SSSR count). The third-order valence-electron chi connectivity index (χ3n) is 3.60. The lowest BCUT2D eigenvalue weighted by Crippen LogP contribution is -2.26. The average Bonchev–Trinajstić information content (AvgIpc) is 2.92. The molecule has 2 aromatic rings. The second-order valence-electron chi connectivity index (χ2n) is 5.43. The van der Waals surface area contributed by atoms with Gasteiger partial charge in [-0.05, 0) is 45.0 Å². The smallest absolute Gasteiger partial charge is 0.307 e. The van der Waals surface area contributed by atoms with Crippen LogP contribution in [-0.2, 0) is 16.1 Å². The van der Waals surface area contributed by atoms with Crippen molar-refractivity contribution in [2.75, 3.05) is 13.2 Å². The van der Waals surface area contributed by atoms with Gasteiger partial charge in [0.15, 0.2) is 0 Å². The summed E-state index contributed by atoms with van der Waals surface area (Å²) in [5.74, 6) is 0.797. The monoisotopic (exact) mass is 346 g/mol. The SMILES string of the molecule is CCOC(=O)CCNC(=O)c1ccc(OCc2c(C)noc2C)cc1. The number of nitrogens with one attached hydrogen (secondary N) is 1. The summed E-state index contributed by atoms with van der Waals surface area (Å²) in [6.45, 7) is 6.36. The van der Waals surface area contributed by atoms with Crippen LogP contribution in [0.3, 0.4) is 0 Å². The Morgan fingerprint density at radius 2 is 1.92 bits per heavy atom. The second kappa shape index (κ2) is 8.86. The normalized spacial score (nSPS) is 10.4. The minimum atomic E-state index is -0.328. The van der Waals surface area contributed by atoms with Crippen LogP contribution in [0.5, 0.6) is 5.75 Å². The molecule has 7 heteroatoms. The number of hydrogen-bond donors (Lipinski definition) is 1. The largest absolute Gasteiger partial charge is 0.489 e. The fourth-order valence-electron chi connectivity index (χ4n) is 2.18. The lowest BCUT2D eigenvalue weighted by atomic mass is 10.2. The van der Waals surface area contributed by atoms with Crippen molar-refractivity contribution in [2.24, 2.45) is 0 Å². The zero-order valence-electron chi connectivity index (χ0n) is 14.6. The van der Waals surface area contributed by atoms with Gasteiger partial charge in [0, 0.05) is 12.1 Å². The maximum absolute atomic E-state index is 12.0. The average molecular weight is 346 g/mol. The number of aryl methyl sites for hydroxylation is 2. The van der Waals surface area contributed by atoms with Gasteiger partial charge in [0.25, 0.3) is 5.91 Å². The van der Waals surface area contributed by atoms with E-state index in [-0.39, 0.29) is 24.8 Å². The van der Waals surface area contributed by atoms with Gasteiger partial charge >= 0.3 is 5.97 Å². The highest BCUT2D eigenvalue weighted by Crippen LogP contribution is 2.17. The molecule has 1 heterocycles. The van der Waals surface area contributed by atoms with E-state index in [4.69, 9.17) is 14.0 Å². The van der Waals surface area contributed by atoms with Crippen LogP contribution in [0.25, 0.3) is 0 Å². The van der Waals surface area contributed by atoms with Crippen LogP contribution in [0.15, 0.2) is 28.8 Å². The highest BCUT2D eigenvalue weighted by Gasteiger charge is 2.10. The first kappa shape index (κ1) is 18.5. The van der Waals surface area contributed by atoms with Gasteiger partial charge in [0.2, 0.25) is 0 Å². The van der Waals surface area contributed by atoms with Crippen molar-refractivity contribution >= 4 is 11.9 Å². The van der Waals surface area contributed by atoms with Crippen LogP contribution in [0.1, 0.15) is 40.7 Å². The molecule has 0 radical (unpaired) electrons. The zero-order chi connectivity index (χ0) is 18.2. The fraction of sp³-hybridized carbons (Fsp3) is 0.389. The lowest BCUT2D eigenvalue weighted by Gasteiger charge is -2.08. The molecule has 0 aliphatic heterocycles. The maximum Gasteiger partial charge on any atom is 0.307 e. The van der Waals surface area contributed by atoms with Crippen molar-refractivity contribution in [2.45, 2.75) is 33.8 Å². The lowest BCUT2D eigenvalue weighted by molar-refractivity contribution is -0.142. The Hall–Kier alpha value is -2.83. The molecule has 0 saturated carbocycles. The quantitative estimate of drug-likeness (QED) is 0.739. The number of rotatable bonds is 8. The Morgan fingerprint density at radius 1 is 1.20 bits per heavy atom. The van der Waals surface area contributed by atoms with Crippen LogP contribution in [0.2, 0.25) is 0 Å². The van der Waals surface area contributed by atoms with Crippen molar-refractivity contribution in [1.82, 2.24) is 10.5 Å². The highest BCUT2D eigenvalue weighted by molar-refractivity contribution is 5.94. The summed E-state index contributed by atoms with van der Waals surface area (Å²) in [6, 6.07) is 6.78. The van der Waals surface area contributed by atoms with Crippen molar-refractivity contribution in [3.8, 4) is 5.75 Å². The van der Waals surface area contributed by atoms with E-state index in [0.717, 1.165) is 17.0 Å². The van der Waals surface area contributed by atoms with Crippen molar-refractivity contribution < 1.29 is 23.6 Å². The molecule has 0 spiro atoms. The second-order valence-corrected chi connectivity index (χ2v) is 5.43. The van der Waals surface area contributed by atoms with Crippen molar-refractivity contribution in [3.05, 3.63) is 46.8 Å². The predicted octanol–water partition coefficient (Wildman–Crippen LogP) is 2.55. The molecule has 0 fully saturated rings. The molecule has 0 unspecified atom stereocenters. The Bertz CT molecular complexity index is 702. The molecule has 0 atom stereocenters. The van der Waals surface area contributed by atoms with Gasteiger partial charge in [-0.25, -0.2) is 0 Å². The minimum absolute atomic E-state index is 0.151. The molecule has 0 aliphatic carbocycles. The third-order valence-corrected chi connectivity index (χ3v) is 3.60. The highest BCUT2D eigenvalue weighted by atomic mass is 16.5. The number of esters is 1. The number of ether oxygens (including phenoxy) is 2. The Labute approximate surface area is 146 Å². The van der Waals surface area contributed by atoms with Gasteiger partial charge in [-0.15, -0.1) is 0 Å². The van der Waals surface area contributed by atoms with Crippen molar-refractivity contribution in [3.63, 3.8) is 0 Å². The Morgan fingerprint density at radius 3 is 2.52 bits per heavy atom. The minimum Gasteiger partial charge on any atom is -0.489 e. The van der Waals surface area contributed by atoms with Crippen LogP contribution in [0, 0.1) is 13.8 Å². The first-order valence-electron chi connectivity index (χ1n) is 8.09. The molecule has 25 heavy (non-hydrogen) atoms. The topological polar surface area (TPSA) is 90.7 Å². The van der Waals surface area contributed by atoms with Gasteiger partial charge in [-0.3, -0.25) is 9.59 Å². The standard InChI is InChI=1S/C18H22N2O5/c1-4-23-17(21)9-10-19-18(22)14-5-7-15(8-6-14)24-11-16-12(2)20-25-13(16)3/h5-8H,4,9-11H2,1-3H3,(H,19,22). The molecule has 7 nitrogen and oxygen atoms in total. The van der Waals surface area contributed by atoms with E-state index >= 15 is 0 Å². The van der Waals surface area contributed by atoms with Crippen molar-refractivity contribution in [1.29, 1.82) is 0 Å². The number of benzene rings is 1. The third kappa shape index (κ3) is 5.34. The molecule has 1 aromatic heterocycles. The molecule has 134 valence electrons. The van der Waals surface area contributed by atoms with Gasteiger partial charge in [-0.1, -0.05) is 5.16 Å². The molecule has 1 N–H and O–H groups in total. The summed E-state index contributed by atoms with van der Waals surface area (Å²) in [4.78, 5) is 23.2. The fourth-order valence-corrected chi connectivity index (χ4v) is 2.18. The Balaban J connectivity index is 1.82. The van der Waals surface area contributed by atoms with Crippen LogP contribution in [0.4, 0.5) is 0 Å². The van der Waals surface area contributed by atoms with Crippen LogP contribution in [-0.4, -0.2) is 30.2 Å². The van der Waals surface area contributed by atoms with E-state index in [1.165, 1.54) is 0 Å². The molecule has 0 saturated heterocycles. The maximum atomic E-state index is 12.0. The molecular weight excluding hydrogens is 324 g/mol. The predicted molar refractivity (Wildman–Crippen MR) is 90.3 cm³/mol. The first-order chi connectivity index (χ1) is 12.0. The van der Waals surface area contributed by atoms with E-state index in [1.807, 2.05) is 13.8 Å². The number of carbonyl (C=O) groups excluding carboxylic acids is 2. The number of amides is 1. The van der Waals surface area contributed by atoms with E-state index < -0.39 is 0 Å². The molecule has 0 aliphatic rings. The van der Waals surface area contributed by atoms with Gasteiger partial charge < -0.3 is 19.3 Å². The first-order valence-corrected chi connectivity index (χ1v) is 8.09.